The van der Waals surface area contributed by atoms with Crippen LogP contribution in [0.15, 0.2) is 66.9 Å². The molecule has 0 bridgehead atoms. The molecule has 0 spiro atoms. The number of aromatic nitrogens is 1. The van der Waals surface area contributed by atoms with Gasteiger partial charge in [0, 0.05) is 11.8 Å². The van der Waals surface area contributed by atoms with Crippen LogP contribution in [0.2, 0.25) is 0 Å². The zero-order valence-corrected chi connectivity index (χ0v) is 13.4. The molecule has 0 N–H and O–H groups in total. The summed E-state index contributed by atoms with van der Waals surface area (Å²) in [7, 11) is 3.62. The molecular formula is C19H13NS2. The molecule has 0 saturated heterocycles. The van der Waals surface area contributed by atoms with Gasteiger partial charge in [0.15, 0.2) is 0 Å². The third kappa shape index (κ3) is 2.49. The lowest BCUT2D eigenvalue weighted by atomic mass is 10.0. The van der Waals surface area contributed by atoms with Crippen LogP contribution in [-0.2, 0) is 0 Å². The average Bonchev–Trinajstić information content (AvgIpc) is 2.55. The van der Waals surface area contributed by atoms with Crippen molar-refractivity contribution in [3.05, 3.63) is 78.0 Å². The maximum Gasteiger partial charge on any atom is 0.0903 e. The van der Waals surface area contributed by atoms with Crippen molar-refractivity contribution in [3.8, 4) is 11.3 Å². The summed E-state index contributed by atoms with van der Waals surface area (Å²) in [5, 5.41) is 0. The molecule has 0 aliphatic carbocycles. The Kier molecular flexibility index (Phi) is 3.59. The minimum Gasteiger partial charge on any atom is -0.255 e. The fraction of sp³-hybridized carbons (Fsp3) is 0. The second-order valence-electron chi connectivity index (χ2n) is 4.98. The Morgan fingerprint density at radius 1 is 0.773 bits per heavy atom. The van der Waals surface area contributed by atoms with E-state index in [1.165, 1.54) is 26.1 Å². The molecule has 4 aromatic rings. The molecule has 0 unspecified atom stereocenters. The number of fused-ring (bicyclic) bond motifs is 1. The van der Waals surface area contributed by atoms with Gasteiger partial charge in [0.1, 0.15) is 0 Å². The average molecular weight is 319 g/mol. The highest BCUT2D eigenvalue weighted by atomic mass is 32.9. The van der Waals surface area contributed by atoms with E-state index in [-0.39, 0.29) is 0 Å². The third-order valence-corrected chi connectivity index (χ3v) is 6.15. The fourth-order valence-electron chi connectivity index (χ4n) is 2.43. The monoisotopic (exact) mass is 319 g/mol. The number of rotatable bonds is 3. The summed E-state index contributed by atoms with van der Waals surface area (Å²) < 4.78 is 2.63. The van der Waals surface area contributed by atoms with Gasteiger partial charge in [-0.05, 0) is 17.2 Å². The van der Waals surface area contributed by atoms with Crippen LogP contribution in [0.1, 0.15) is 11.1 Å². The summed E-state index contributed by atoms with van der Waals surface area (Å²) >= 11 is 0. The second kappa shape index (κ2) is 5.87. The maximum absolute atomic E-state index is 4.61. The number of nitrogens with zero attached hydrogens (tertiary/aromatic N) is 1. The molecule has 0 aliphatic rings. The van der Waals surface area contributed by atoms with Crippen LogP contribution in [0.25, 0.3) is 32.8 Å². The molecule has 106 valence electrons. The summed E-state index contributed by atoms with van der Waals surface area (Å²) in [5.74, 6) is 0. The minimum absolute atomic E-state index is 1.09. The molecule has 0 fully saturated rings. The van der Waals surface area contributed by atoms with Gasteiger partial charge < -0.3 is 0 Å². The molecule has 0 aliphatic heterocycles. The molecule has 0 atom stereocenters. The van der Waals surface area contributed by atoms with Gasteiger partial charge in [0.05, 0.1) is 15.1 Å². The summed E-state index contributed by atoms with van der Waals surface area (Å²) in [5.41, 5.74) is 4.69. The van der Waals surface area contributed by atoms with Crippen molar-refractivity contribution in [2.45, 2.75) is 0 Å². The standard InChI is InChI=1S/C19H13NS2/c1-2-6-14(7-3-1)10-11-15-8-4-5-9-16(15)18-19-17(21-22-19)12-13-20-18/h1-13H/b11-10+. The molecule has 2 heterocycles. The first-order chi connectivity index (χ1) is 10.9. The third-order valence-electron chi connectivity index (χ3n) is 3.55. The van der Waals surface area contributed by atoms with Gasteiger partial charge >= 0.3 is 0 Å². The van der Waals surface area contributed by atoms with Crippen LogP contribution >= 0.6 is 20.7 Å². The number of pyridine rings is 1. The number of hydrogen-bond acceptors (Lipinski definition) is 3. The van der Waals surface area contributed by atoms with E-state index in [2.05, 4.69) is 71.7 Å². The van der Waals surface area contributed by atoms with Crippen molar-refractivity contribution in [2.75, 3.05) is 0 Å². The predicted molar refractivity (Wildman–Crippen MR) is 98.3 cm³/mol. The van der Waals surface area contributed by atoms with E-state index in [4.69, 9.17) is 0 Å². The Hall–Kier alpha value is -2.23. The smallest absolute Gasteiger partial charge is 0.0903 e. The van der Waals surface area contributed by atoms with Gasteiger partial charge in [-0.25, -0.2) is 0 Å². The lowest BCUT2D eigenvalue weighted by molar-refractivity contribution is 1.36. The number of benzene rings is 2. The van der Waals surface area contributed by atoms with Gasteiger partial charge in [-0.1, -0.05) is 87.4 Å². The molecular weight excluding hydrogens is 306 g/mol. The fourth-order valence-corrected chi connectivity index (χ4v) is 4.41. The zero-order chi connectivity index (χ0) is 14.8. The Labute approximate surface area is 136 Å². The SMILES string of the molecule is C(=C\c1ccccc1-c1nccc2ssc12)/c1ccccc1. The van der Waals surface area contributed by atoms with Gasteiger partial charge in [0.25, 0.3) is 0 Å². The molecule has 2 aromatic carbocycles. The number of hydrogen-bond donors (Lipinski definition) is 0. The van der Waals surface area contributed by atoms with Gasteiger partial charge in [-0.2, -0.15) is 0 Å². The summed E-state index contributed by atoms with van der Waals surface area (Å²) in [6, 6.07) is 20.9. The lowest BCUT2D eigenvalue weighted by Gasteiger charge is -2.09. The molecule has 22 heavy (non-hydrogen) atoms. The van der Waals surface area contributed by atoms with E-state index in [0.717, 1.165) is 5.69 Å². The lowest BCUT2D eigenvalue weighted by Crippen LogP contribution is -1.88. The van der Waals surface area contributed by atoms with E-state index in [9.17, 15) is 0 Å². The highest BCUT2D eigenvalue weighted by Gasteiger charge is 2.11. The second-order valence-corrected chi connectivity index (χ2v) is 7.17. The first-order valence-corrected chi connectivity index (χ1v) is 9.23. The van der Waals surface area contributed by atoms with Crippen molar-refractivity contribution in [2.24, 2.45) is 0 Å². The van der Waals surface area contributed by atoms with Crippen molar-refractivity contribution >= 4 is 42.2 Å². The Balaban J connectivity index is 1.78. The first kappa shape index (κ1) is 13.4. The van der Waals surface area contributed by atoms with E-state index in [1.807, 2.05) is 22.6 Å². The largest absolute Gasteiger partial charge is 0.255 e. The normalized spacial score (nSPS) is 11.5. The van der Waals surface area contributed by atoms with Gasteiger partial charge in [-0.15, -0.1) is 0 Å². The molecule has 4 rings (SSSR count). The van der Waals surface area contributed by atoms with E-state index in [0.29, 0.717) is 0 Å². The first-order valence-electron chi connectivity index (χ1n) is 7.08. The van der Waals surface area contributed by atoms with Crippen LogP contribution in [0, 0.1) is 0 Å². The van der Waals surface area contributed by atoms with Gasteiger partial charge in [-0.3, -0.25) is 4.98 Å². The van der Waals surface area contributed by atoms with E-state index >= 15 is 0 Å². The maximum atomic E-state index is 4.61. The predicted octanol–water partition coefficient (Wildman–Crippen LogP) is 6.20. The highest BCUT2D eigenvalue weighted by molar-refractivity contribution is 7.78. The van der Waals surface area contributed by atoms with Crippen LogP contribution < -0.4 is 0 Å². The molecule has 3 heteroatoms. The highest BCUT2D eigenvalue weighted by Crippen LogP contribution is 2.39. The van der Waals surface area contributed by atoms with Crippen molar-refractivity contribution < 1.29 is 0 Å². The molecule has 0 radical (unpaired) electrons. The van der Waals surface area contributed by atoms with Crippen LogP contribution in [0.5, 0.6) is 0 Å². The summed E-state index contributed by atoms with van der Waals surface area (Å²) in [4.78, 5) is 4.61. The van der Waals surface area contributed by atoms with E-state index in [1.54, 1.807) is 10.3 Å². The summed E-state index contributed by atoms with van der Waals surface area (Å²) in [6.45, 7) is 0. The van der Waals surface area contributed by atoms with Crippen molar-refractivity contribution in [1.29, 1.82) is 0 Å². The molecule has 1 nitrogen and oxygen atoms in total. The Morgan fingerprint density at radius 2 is 1.59 bits per heavy atom. The molecule has 0 amide bonds. The quantitative estimate of drug-likeness (QED) is 0.324. The van der Waals surface area contributed by atoms with Crippen LogP contribution in [0.4, 0.5) is 0 Å². The minimum atomic E-state index is 1.09. The van der Waals surface area contributed by atoms with Gasteiger partial charge in [0.2, 0.25) is 0 Å². The van der Waals surface area contributed by atoms with Crippen molar-refractivity contribution in [1.82, 2.24) is 4.98 Å². The zero-order valence-electron chi connectivity index (χ0n) is 11.8. The Bertz CT molecular complexity index is 932. The van der Waals surface area contributed by atoms with Crippen LogP contribution in [0.3, 0.4) is 0 Å². The summed E-state index contributed by atoms with van der Waals surface area (Å²) in [6.07, 6.45) is 6.22. The molecule has 0 saturated carbocycles. The Morgan fingerprint density at radius 3 is 2.41 bits per heavy atom. The van der Waals surface area contributed by atoms with E-state index < -0.39 is 0 Å². The topological polar surface area (TPSA) is 12.9 Å². The van der Waals surface area contributed by atoms with Crippen LogP contribution in [-0.4, -0.2) is 4.98 Å². The van der Waals surface area contributed by atoms with Crippen molar-refractivity contribution in [3.63, 3.8) is 0 Å². The molecule has 2 aromatic heterocycles.